The Bertz CT molecular complexity index is 3430. The predicted molar refractivity (Wildman–Crippen MR) is 240 cm³/mol. The number of para-hydroxylation sites is 2. The fraction of sp³-hybridized carbons (Fsp3) is 0.0926. The molecule has 0 N–H and O–H groups in total. The smallest absolute Gasteiger partial charge is 0.307 e. The summed E-state index contributed by atoms with van der Waals surface area (Å²) < 4.78 is 47.1. The minimum absolute atomic E-state index is 0.265. The summed E-state index contributed by atoms with van der Waals surface area (Å²) in [5.74, 6) is 0. The zero-order valence-electron chi connectivity index (χ0n) is 33.5. The lowest BCUT2D eigenvalue weighted by Gasteiger charge is -2.20. The number of fused-ring (bicyclic) bond motifs is 6. The molecule has 10 rings (SSSR count). The van der Waals surface area contributed by atoms with Crippen molar-refractivity contribution in [2.75, 3.05) is 0 Å². The van der Waals surface area contributed by atoms with Gasteiger partial charge in [0.2, 0.25) is 0 Å². The third-order valence-electron chi connectivity index (χ3n) is 12.0. The number of halogens is 3. The van der Waals surface area contributed by atoms with Gasteiger partial charge in [0.1, 0.15) is 0 Å². The normalized spacial score (nSPS) is 11.9. The van der Waals surface area contributed by atoms with Crippen molar-refractivity contribution in [2.24, 2.45) is 0 Å². The van der Waals surface area contributed by atoms with Crippen molar-refractivity contribution in [3.63, 3.8) is 0 Å². The van der Waals surface area contributed by atoms with E-state index in [-0.39, 0.29) is 5.56 Å². The Morgan fingerprint density at radius 3 is 1.42 bits per heavy atom. The van der Waals surface area contributed by atoms with Gasteiger partial charge in [0.25, 0.3) is 0 Å². The molecule has 0 aliphatic rings. The number of benzene rings is 8. The van der Waals surface area contributed by atoms with Gasteiger partial charge in [-0.15, -0.1) is 0 Å². The molecule has 0 fully saturated rings. The van der Waals surface area contributed by atoms with E-state index in [1.54, 1.807) is 6.07 Å². The monoisotopic (exact) mass is 785 g/mol. The number of nitriles is 1. The zero-order valence-corrected chi connectivity index (χ0v) is 33.5. The van der Waals surface area contributed by atoms with Gasteiger partial charge in [-0.05, 0) is 115 Å². The van der Waals surface area contributed by atoms with Crippen LogP contribution in [0.2, 0.25) is 0 Å². The molecular weight excluding hydrogens is 748 g/mol. The van der Waals surface area contributed by atoms with Crippen LogP contribution < -0.4 is 0 Å². The molecule has 2 heterocycles. The topological polar surface area (TPSA) is 33.6 Å². The van der Waals surface area contributed by atoms with Crippen molar-refractivity contribution in [3.8, 4) is 50.8 Å². The SMILES string of the molecule is Cc1ccc(-c2ccc3c4ccccc4n(-c4cc(C#N)c(-c5cccc(C(F)(F)F)c5)cc4-n4c5ccccc5c5ccc(-c6ccc(C)cc6C)cc54)c3c2)c(C)c1. The van der Waals surface area contributed by atoms with Gasteiger partial charge in [-0.2, -0.15) is 18.4 Å². The lowest BCUT2D eigenvalue weighted by Crippen LogP contribution is -2.07. The number of hydrogen-bond acceptors (Lipinski definition) is 1. The highest BCUT2D eigenvalue weighted by Gasteiger charge is 2.31. The average Bonchev–Trinajstić information content (AvgIpc) is 3.75. The van der Waals surface area contributed by atoms with Crippen LogP contribution in [0.25, 0.3) is 88.4 Å². The van der Waals surface area contributed by atoms with Crippen molar-refractivity contribution < 1.29 is 13.2 Å². The Labute approximate surface area is 345 Å². The molecular formula is C54H38F3N3. The van der Waals surface area contributed by atoms with Crippen molar-refractivity contribution in [1.29, 1.82) is 5.26 Å². The Balaban J connectivity index is 1.36. The lowest BCUT2D eigenvalue weighted by molar-refractivity contribution is -0.137. The number of rotatable bonds is 5. The van der Waals surface area contributed by atoms with Gasteiger partial charge in [-0.25, -0.2) is 0 Å². The number of aromatic nitrogens is 2. The van der Waals surface area contributed by atoms with Crippen molar-refractivity contribution in [2.45, 2.75) is 33.9 Å². The summed E-state index contributed by atoms with van der Waals surface area (Å²) in [6.07, 6.45) is -4.56. The van der Waals surface area contributed by atoms with E-state index in [0.717, 1.165) is 94.9 Å². The van der Waals surface area contributed by atoms with E-state index in [4.69, 9.17) is 0 Å². The van der Waals surface area contributed by atoms with Crippen LogP contribution in [0, 0.1) is 39.0 Å². The van der Waals surface area contributed by atoms with Crippen LogP contribution in [0.5, 0.6) is 0 Å². The molecule has 8 aromatic carbocycles. The van der Waals surface area contributed by atoms with Gasteiger partial charge in [0.05, 0.1) is 50.6 Å². The second-order valence-corrected chi connectivity index (χ2v) is 15.9. The van der Waals surface area contributed by atoms with Crippen LogP contribution in [-0.4, -0.2) is 9.13 Å². The molecule has 0 radical (unpaired) electrons. The Hall–Kier alpha value is -7.36. The van der Waals surface area contributed by atoms with Gasteiger partial charge in [-0.1, -0.05) is 120 Å². The minimum Gasteiger partial charge on any atom is -0.307 e. The highest BCUT2D eigenvalue weighted by atomic mass is 19.4. The molecule has 0 unspecified atom stereocenters. The summed E-state index contributed by atoms with van der Waals surface area (Å²) >= 11 is 0. The summed E-state index contributed by atoms with van der Waals surface area (Å²) in [5, 5.41) is 15.1. The highest BCUT2D eigenvalue weighted by molar-refractivity contribution is 6.13. The van der Waals surface area contributed by atoms with Gasteiger partial charge in [0, 0.05) is 27.1 Å². The second-order valence-electron chi connectivity index (χ2n) is 15.9. The fourth-order valence-electron chi connectivity index (χ4n) is 9.20. The Morgan fingerprint density at radius 1 is 0.433 bits per heavy atom. The van der Waals surface area contributed by atoms with Crippen molar-refractivity contribution in [3.05, 3.63) is 191 Å². The molecule has 0 aliphatic heterocycles. The molecule has 60 heavy (non-hydrogen) atoms. The summed E-state index contributed by atoms with van der Waals surface area (Å²) in [6.45, 7) is 8.43. The van der Waals surface area contributed by atoms with E-state index in [1.807, 2.05) is 36.4 Å². The zero-order chi connectivity index (χ0) is 41.4. The van der Waals surface area contributed by atoms with Crippen LogP contribution in [-0.2, 0) is 6.18 Å². The first-order chi connectivity index (χ1) is 29.0. The molecule has 0 saturated carbocycles. The van der Waals surface area contributed by atoms with Crippen LogP contribution in [0.4, 0.5) is 13.2 Å². The average molecular weight is 786 g/mol. The predicted octanol–water partition coefficient (Wildman–Crippen LogP) is 15.0. The maximum atomic E-state index is 14.2. The summed E-state index contributed by atoms with van der Waals surface area (Å²) in [6, 6.07) is 53.9. The van der Waals surface area contributed by atoms with Gasteiger partial charge in [-0.3, -0.25) is 0 Å². The molecule has 290 valence electrons. The van der Waals surface area contributed by atoms with Crippen LogP contribution in [0.1, 0.15) is 33.4 Å². The molecule has 0 atom stereocenters. The van der Waals surface area contributed by atoms with Crippen molar-refractivity contribution >= 4 is 43.6 Å². The largest absolute Gasteiger partial charge is 0.416 e. The minimum atomic E-state index is -4.56. The molecule has 0 spiro atoms. The first-order valence-corrected chi connectivity index (χ1v) is 20.0. The molecule has 0 bridgehead atoms. The number of aryl methyl sites for hydroxylation is 4. The molecule has 10 aromatic rings. The Morgan fingerprint density at radius 2 is 0.917 bits per heavy atom. The highest BCUT2D eigenvalue weighted by Crippen LogP contribution is 2.43. The summed E-state index contributed by atoms with van der Waals surface area (Å²) in [5.41, 5.74) is 14.5. The number of hydrogen-bond donors (Lipinski definition) is 0. The maximum Gasteiger partial charge on any atom is 0.416 e. The Kier molecular flexibility index (Phi) is 8.55. The maximum absolute atomic E-state index is 14.2. The van der Waals surface area contributed by atoms with E-state index in [1.165, 1.54) is 22.8 Å². The van der Waals surface area contributed by atoms with Crippen LogP contribution >= 0.6 is 0 Å². The van der Waals surface area contributed by atoms with E-state index < -0.39 is 11.7 Å². The summed E-state index contributed by atoms with van der Waals surface area (Å²) in [4.78, 5) is 0. The number of nitrogens with zero attached hydrogens (tertiary/aromatic N) is 3. The van der Waals surface area contributed by atoms with Gasteiger partial charge >= 0.3 is 6.18 Å². The van der Waals surface area contributed by atoms with Crippen LogP contribution in [0.3, 0.4) is 0 Å². The standard InChI is InChI=1S/C54H38F3N3/c1-32-16-20-41(34(3)24-32)37-18-22-45-43-12-5-7-14-48(43)59(50(45)27-37)52-29-39(31-58)47(36-10-9-11-40(26-36)54(55,56)57)30-53(52)60-49-15-8-6-13-44(49)46-23-19-38(28-51(46)60)42-21-17-33(2)25-35(42)4/h5-30H,1-4H3. The molecule has 6 heteroatoms. The van der Waals surface area contributed by atoms with Crippen molar-refractivity contribution in [1.82, 2.24) is 9.13 Å². The van der Waals surface area contributed by atoms with E-state index in [2.05, 4.69) is 140 Å². The molecule has 2 aromatic heterocycles. The number of alkyl halides is 3. The molecule has 3 nitrogen and oxygen atoms in total. The lowest BCUT2D eigenvalue weighted by atomic mass is 9.96. The van der Waals surface area contributed by atoms with E-state index in [9.17, 15) is 18.4 Å². The first-order valence-electron chi connectivity index (χ1n) is 20.0. The van der Waals surface area contributed by atoms with Crippen LogP contribution in [0.15, 0.2) is 158 Å². The van der Waals surface area contributed by atoms with E-state index in [0.29, 0.717) is 11.1 Å². The molecule has 0 aliphatic carbocycles. The van der Waals surface area contributed by atoms with E-state index >= 15 is 0 Å². The molecule has 0 amide bonds. The van der Waals surface area contributed by atoms with Gasteiger partial charge in [0.15, 0.2) is 0 Å². The second kappa shape index (κ2) is 13.9. The fourth-order valence-corrected chi connectivity index (χ4v) is 9.20. The first kappa shape index (κ1) is 36.9. The summed E-state index contributed by atoms with van der Waals surface area (Å²) in [7, 11) is 0. The quantitative estimate of drug-likeness (QED) is 0.171. The third kappa shape index (κ3) is 5.96. The van der Waals surface area contributed by atoms with Gasteiger partial charge < -0.3 is 9.13 Å². The molecule has 0 saturated heterocycles. The third-order valence-corrected chi connectivity index (χ3v) is 12.0.